The largest absolute Gasteiger partial charge is 0.496 e. The third kappa shape index (κ3) is 7.35. The molecule has 0 radical (unpaired) electrons. The summed E-state index contributed by atoms with van der Waals surface area (Å²) in [5, 5.41) is 0.597. The van der Waals surface area contributed by atoms with Crippen molar-refractivity contribution >= 4 is 11.0 Å². The molecule has 0 atom stereocenters. The van der Waals surface area contributed by atoms with Crippen molar-refractivity contribution in [3.63, 3.8) is 0 Å². The van der Waals surface area contributed by atoms with Crippen LogP contribution >= 0.6 is 0 Å². The summed E-state index contributed by atoms with van der Waals surface area (Å²) < 4.78 is 22.8. The first-order valence-corrected chi connectivity index (χ1v) is 10.8. The van der Waals surface area contributed by atoms with Crippen LogP contribution in [0.4, 0.5) is 0 Å². The van der Waals surface area contributed by atoms with Gasteiger partial charge >= 0.3 is 5.63 Å². The molecule has 5 nitrogen and oxygen atoms in total. The van der Waals surface area contributed by atoms with Gasteiger partial charge in [0.2, 0.25) is 5.75 Å². The van der Waals surface area contributed by atoms with Crippen molar-refractivity contribution in [2.45, 2.75) is 53.4 Å². The van der Waals surface area contributed by atoms with Crippen LogP contribution in [0, 0.1) is 0 Å². The summed E-state index contributed by atoms with van der Waals surface area (Å²) in [5.41, 5.74) is 2.39. The minimum absolute atomic E-state index is 0.0810. The van der Waals surface area contributed by atoms with E-state index in [1.54, 1.807) is 19.2 Å². The van der Waals surface area contributed by atoms with Gasteiger partial charge in [0.1, 0.15) is 23.3 Å². The number of hydrogen-bond donors (Lipinski definition) is 0. The van der Waals surface area contributed by atoms with E-state index in [4.69, 9.17) is 18.6 Å². The molecule has 0 fully saturated rings. The van der Waals surface area contributed by atoms with Gasteiger partial charge in [0.15, 0.2) is 5.75 Å². The summed E-state index contributed by atoms with van der Waals surface area (Å²) in [6.07, 6.45) is 12.0. The molecular weight excluding hydrogens is 392 g/mol. The van der Waals surface area contributed by atoms with Crippen molar-refractivity contribution in [1.82, 2.24) is 0 Å². The zero-order chi connectivity index (χ0) is 22.6. The molecule has 2 rings (SSSR count). The van der Waals surface area contributed by atoms with Crippen molar-refractivity contribution < 1.29 is 18.6 Å². The second-order valence-electron chi connectivity index (χ2n) is 7.58. The van der Waals surface area contributed by atoms with E-state index in [2.05, 4.69) is 39.8 Å². The minimum atomic E-state index is -0.556. The quantitative estimate of drug-likeness (QED) is 0.217. The fourth-order valence-electron chi connectivity index (χ4n) is 3.08. The molecule has 0 bridgehead atoms. The minimum Gasteiger partial charge on any atom is -0.496 e. The van der Waals surface area contributed by atoms with Gasteiger partial charge in [-0.2, -0.15) is 0 Å². The molecule has 0 aliphatic rings. The third-order valence-corrected chi connectivity index (χ3v) is 4.71. The topological polar surface area (TPSA) is 57.9 Å². The number of ether oxygens (including phenoxy) is 3. The van der Waals surface area contributed by atoms with Gasteiger partial charge in [-0.3, -0.25) is 0 Å². The van der Waals surface area contributed by atoms with Gasteiger partial charge in [-0.1, -0.05) is 42.4 Å². The molecule has 168 valence electrons. The SMILES string of the molecule is CC/C=C/CCOc1c(OC/C=C(\C)CCC=C(C)C)c2c(OC)cccc2oc1=O. The number of fused-ring (bicyclic) bond motifs is 1. The van der Waals surface area contributed by atoms with Crippen molar-refractivity contribution in [1.29, 1.82) is 0 Å². The first kappa shape index (κ1) is 24.3. The molecule has 0 N–H and O–H groups in total. The Balaban J connectivity index is 2.31. The lowest BCUT2D eigenvalue weighted by atomic mass is 10.1. The fourth-order valence-corrected chi connectivity index (χ4v) is 3.08. The van der Waals surface area contributed by atoms with Crippen molar-refractivity contribution in [2.75, 3.05) is 20.3 Å². The first-order chi connectivity index (χ1) is 15.0. The van der Waals surface area contributed by atoms with E-state index in [-0.39, 0.29) is 5.75 Å². The molecule has 0 saturated carbocycles. The highest BCUT2D eigenvalue weighted by Crippen LogP contribution is 2.38. The van der Waals surface area contributed by atoms with Crippen LogP contribution in [0.25, 0.3) is 11.0 Å². The summed E-state index contributed by atoms with van der Waals surface area (Å²) in [6.45, 7) is 9.03. The maximum atomic E-state index is 12.6. The Bertz CT molecular complexity index is 991. The van der Waals surface area contributed by atoms with Gasteiger partial charge in [-0.25, -0.2) is 4.79 Å². The zero-order valence-corrected chi connectivity index (χ0v) is 19.3. The number of rotatable bonds is 12. The van der Waals surface area contributed by atoms with E-state index in [0.717, 1.165) is 19.3 Å². The van der Waals surface area contributed by atoms with Crippen LogP contribution < -0.4 is 19.8 Å². The molecular formula is C26H34O5. The van der Waals surface area contributed by atoms with Crippen LogP contribution in [0.5, 0.6) is 17.2 Å². The van der Waals surface area contributed by atoms with E-state index in [1.807, 2.05) is 18.2 Å². The molecule has 2 aromatic rings. The monoisotopic (exact) mass is 426 g/mol. The highest BCUT2D eigenvalue weighted by Gasteiger charge is 2.20. The van der Waals surface area contributed by atoms with Crippen molar-refractivity contribution in [3.05, 3.63) is 64.1 Å². The van der Waals surface area contributed by atoms with Crippen LogP contribution in [0.1, 0.15) is 53.4 Å². The molecule has 5 heteroatoms. The Morgan fingerprint density at radius 1 is 1.03 bits per heavy atom. The van der Waals surface area contributed by atoms with Crippen molar-refractivity contribution in [3.8, 4) is 17.2 Å². The van der Waals surface area contributed by atoms with Gasteiger partial charge in [0, 0.05) is 0 Å². The first-order valence-electron chi connectivity index (χ1n) is 10.8. The zero-order valence-electron chi connectivity index (χ0n) is 19.3. The summed E-state index contributed by atoms with van der Waals surface area (Å²) in [4.78, 5) is 12.6. The molecule has 1 heterocycles. The van der Waals surface area contributed by atoms with Crippen LogP contribution in [0.15, 0.2) is 62.9 Å². The molecule has 0 unspecified atom stereocenters. The molecule has 1 aromatic heterocycles. The highest BCUT2D eigenvalue weighted by atomic mass is 16.5. The molecule has 0 spiro atoms. The second kappa shape index (κ2) is 12.7. The second-order valence-corrected chi connectivity index (χ2v) is 7.58. The third-order valence-electron chi connectivity index (χ3n) is 4.71. The van der Waals surface area contributed by atoms with Crippen LogP contribution in [-0.2, 0) is 0 Å². The lowest BCUT2D eigenvalue weighted by Gasteiger charge is -2.14. The molecule has 0 amide bonds. The summed E-state index contributed by atoms with van der Waals surface area (Å²) >= 11 is 0. The Morgan fingerprint density at radius 3 is 2.55 bits per heavy atom. The van der Waals surface area contributed by atoms with E-state index in [1.165, 1.54) is 11.1 Å². The van der Waals surface area contributed by atoms with Gasteiger partial charge in [-0.05, 0) is 64.7 Å². The average Bonchev–Trinajstić information content (AvgIpc) is 2.74. The predicted octanol–water partition coefficient (Wildman–Crippen LogP) is 6.61. The highest BCUT2D eigenvalue weighted by molar-refractivity contribution is 5.91. The van der Waals surface area contributed by atoms with Crippen LogP contribution in [0.3, 0.4) is 0 Å². The van der Waals surface area contributed by atoms with Gasteiger partial charge in [-0.15, -0.1) is 0 Å². The summed E-state index contributed by atoms with van der Waals surface area (Å²) in [5.74, 6) is 1.00. The number of methoxy groups -OCH3 is 1. The molecule has 0 saturated heterocycles. The van der Waals surface area contributed by atoms with Gasteiger partial charge in [0.05, 0.1) is 13.7 Å². The van der Waals surface area contributed by atoms with Crippen LogP contribution in [-0.4, -0.2) is 20.3 Å². The smallest absolute Gasteiger partial charge is 0.383 e. The van der Waals surface area contributed by atoms with E-state index in [0.29, 0.717) is 42.1 Å². The lowest BCUT2D eigenvalue weighted by Crippen LogP contribution is -2.11. The maximum absolute atomic E-state index is 12.6. The van der Waals surface area contributed by atoms with Gasteiger partial charge in [0.25, 0.3) is 0 Å². The Kier molecular flexibility index (Phi) is 9.95. The maximum Gasteiger partial charge on any atom is 0.383 e. The normalized spacial score (nSPS) is 11.7. The average molecular weight is 427 g/mol. The standard InChI is InChI=1S/C26H34O5/c1-6-7-8-9-17-29-25-24(30-18-16-20(4)13-10-12-19(2)3)23-21(28-5)14-11-15-22(23)31-26(25)27/h7-8,11-12,14-16H,6,9-10,13,17-18H2,1-5H3/b8-7+,20-16+. The van der Waals surface area contributed by atoms with E-state index >= 15 is 0 Å². The Morgan fingerprint density at radius 2 is 1.84 bits per heavy atom. The predicted molar refractivity (Wildman–Crippen MR) is 126 cm³/mol. The van der Waals surface area contributed by atoms with E-state index in [9.17, 15) is 4.79 Å². The summed E-state index contributed by atoms with van der Waals surface area (Å²) in [6, 6.07) is 5.31. The number of hydrogen-bond acceptors (Lipinski definition) is 5. The fraction of sp³-hybridized carbons (Fsp3) is 0.423. The molecule has 31 heavy (non-hydrogen) atoms. The van der Waals surface area contributed by atoms with Crippen molar-refractivity contribution in [2.24, 2.45) is 0 Å². The molecule has 0 aliphatic carbocycles. The Hall–Kier alpha value is -2.95. The molecule has 0 aliphatic heterocycles. The Labute approximate surface area is 185 Å². The number of benzene rings is 1. The molecule has 1 aromatic carbocycles. The van der Waals surface area contributed by atoms with Gasteiger partial charge < -0.3 is 18.6 Å². The van der Waals surface area contributed by atoms with Crippen LogP contribution in [0.2, 0.25) is 0 Å². The number of allylic oxidation sites excluding steroid dienone is 4. The lowest BCUT2D eigenvalue weighted by molar-refractivity contribution is 0.275. The van der Waals surface area contributed by atoms with E-state index < -0.39 is 5.63 Å². The summed E-state index contributed by atoms with van der Waals surface area (Å²) in [7, 11) is 1.58.